The number of ketones is 1. The highest BCUT2D eigenvalue weighted by Crippen LogP contribution is 2.33. The third-order valence-corrected chi connectivity index (χ3v) is 3.10. The molecule has 1 aliphatic carbocycles. The van der Waals surface area contributed by atoms with Crippen molar-refractivity contribution >= 4 is 5.78 Å². The number of carbonyl (C=O) groups is 1. The molecule has 0 unspecified atom stereocenters. The number of aromatic nitrogens is 2. The van der Waals surface area contributed by atoms with Crippen molar-refractivity contribution in [3.63, 3.8) is 0 Å². The van der Waals surface area contributed by atoms with Crippen molar-refractivity contribution in [2.75, 3.05) is 0 Å². The lowest BCUT2D eigenvalue weighted by molar-refractivity contribution is 0.0976. The van der Waals surface area contributed by atoms with Crippen LogP contribution in [0, 0.1) is 12.8 Å². The monoisotopic (exact) mass is 218 g/mol. The molecule has 1 heterocycles. The Hall–Kier alpha value is -1.25. The Morgan fingerprint density at radius 2 is 2.19 bits per heavy atom. The van der Waals surface area contributed by atoms with Gasteiger partial charge in [0.25, 0.3) is 0 Å². The summed E-state index contributed by atoms with van der Waals surface area (Å²) in [6.07, 6.45) is 5.10. The van der Waals surface area contributed by atoms with Crippen LogP contribution in [0.25, 0.3) is 0 Å². The summed E-state index contributed by atoms with van der Waals surface area (Å²) in [7, 11) is 0. The van der Waals surface area contributed by atoms with Gasteiger partial charge in [0, 0.05) is 12.0 Å². The molecular formula is C13H18N2O. The molecule has 3 nitrogen and oxygen atoms in total. The summed E-state index contributed by atoms with van der Waals surface area (Å²) < 4.78 is 0. The Labute approximate surface area is 96.3 Å². The molecule has 3 heteroatoms. The molecule has 1 aromatic rings. The van der Waals surface area contributed by atoms with E-state index in [0.29, 0.717) is 6.42 Å². The van der Waals surface area contributed by atoms with Crippen molar-refractivity contribution in [1.82, 2.24) is 10.2 Å². The van der Waals surface area contributed by atoms with E-state index >= 15 is 0 Å². The summed E-state index contributed by atoms with van der Waals surface area (Å²) in [4.78, 5) is 12.0. The van der Waals surface area contributed by atoms with Crippen LogP contribution in [0.3, 0.4) is 0 Å². The van der Waals surface area contributed by atoms with E-state index in [9.17, 15) is 4.79 Å². The SMILES string of the molecule is CCc1nnc(C)cc1C(=O)CCC1CC1. The lowest BCUT2D eigenvalue weighted by atomic mass is 10.0. The van der Waals surface area contributed by atoms with Crippen LogP contribution in [-0.4, -0.2) is 16.0 Å². The second-order valence-corrected chi connectivity index (χ2v) is 4.60. The lowest BCUT2D eigenvalue weighted by Gasteiger charge is -2.05. The summed E-state index contributed by atoms with van der Waals surface area (Å²) in [5.41, 5.74) is 2.45. The zero-order valence-corrected chi connectivity index (χ0v) is 9.99. The first-order valence-electron chi connectivity index (χ1n) is 6.07. The third-order valence-electron chi connectivity index (χ3n) is 3.10. The van der Waals surface area contributed by atoms with Gasteiger partial charge in [0.05, 0.1) is 11.4 Å². The fraction of sp³-hybridized carbons (Fsp3) is 0.615. The van der Waals surface area contributed by atoms with Crippen molar-refractivity contribution in [2.24, 2.45) is 5.92 Å². The number of hydrogen-bond acceptors (Lipinski definition) is 3. The van der Waals surface area contributed by atoms with E-state index in [0.717, 1.165) is 35.7 Å². The lowest BCUT2D eigenvalue weighted by Crippen LogP contribution is -2.08. The van der Waals surface area contributed by atoms with E-state index in [-0.39, 0.29) is 5.78 Å². The Balaban J connectivity index is 2.09. The molecule has 16 heavy (non-hydrogen) atoms. The largest absolute Gasteiger partial charge is 0.294 e. The first kappa shape index (κ1) is 11.2. The average Bonchev–Trinajstić information content (AvgIpc) is 3.09. The standard InChI is InChI=1S/C13H18N2O/c1-3-12-11(8-9(2)14-15-12)13(16)7-6-10-4-5-10/h8,10H,3-7H2,1-2H3. The molecule has 0 spiro atoms. The third kappa shape index (κ3) is 2.65. The Kier molecular flexibility index (Phi) is 3.32. The summed E-state index contributed by atoms with van der Waals surface area (Å²) >= 11 is 0. The van der Waals surface area contributed by atoms with Crippen molar-refractivity contribution in [2.45, 2.75) is 46.0 Å². The van der Waals surface area contributed by atoms with Gasteiger partial charge in [-0.05, 0) is 31.7 Å². The second kappa shape index (κ2) is 4.73. The number of carbonyl (C=O) groups excluding carboxylic acids is 1. The van der Waals surface area contributed by atoms with Gasteiger partial charge in [-0.15, -0.1) is 0 Å². The van der Waals surface area contributed by atoms with E-state index < -0.39 is 0 Å². The van der Waals surface area contributed by atoms with Crippen molar-refractivity contribution in [1.29, 1.82) is 0 Å². The summed E-state index contributed by atoms with van der Waals surface area (Å²) in [5, 5.41) is 8.09. The molecule has 1 saturated carbocycles. The van der Waals surface area contributed by atoms with Crippen LogP contribution in [0.5, 0.6) is 0 Å². The molecule has 0 radical (unpaired) electrons. The number of hydrogen-bond donors (Lipinski definition) is 0. The molecule has 0 aromatic carbocycles. The van der Waals surface area contributed by atoms with Gasteiger partial charge in [0.1, 0.15) is 0 Å². The Morgan fingerprint density at radius 3 is 2.81 bits per heavy atom. The summed E-state index contributed by atoms with van der Waals surface area (Å²) in [5.74, 6) is 1.05. The zero-order chi connectivity index (χ0) is 11.5. The van der Waals surface area contributed by atoms with Crippen LogP contribution in [0.4, 0.5) is 0 Å². The van der Waals surface area contributed by atoms with Gasteiger partial charge >= 0.3 is 0 Å². The molecule has 1 aliphatic rings. The number of rotatable bonds is 5. The van der Waals surface area contributed by atoms with Gasteiger partial charge in [-0.3, -0.25) is 4.79 Å². The maximum atomic E-state index is 12.0. The molecule has 1 aromatic heterocycles. The van der Waals surface area contributed by atoms with Gasteiger partial charge in [-0.25, -0.2) is 0 Å². The van der Waals surface area contributed by atoms with E-state index in [1.165, 1.54) is 12.8 Å². The fourth-order valence-electron chi connectivity index (χ4n) is 1.89. The van der Waals surface area contributed by atoms with Gasteiger partial charge < -0.3 is 0 Å². The summed E-state index contributed by atoms with van der Waals surface area (Å²) in [6, 6.07) is 1.88. The van der Waals surface area contributed by atoms with Gasteiger partial charge in [-0.1, -0.05) is 19.8 Å². The molecule has 1 fully saturated rings. The van der Waals surface area contributed by atoms with Crippen molar-refractivity contribution < 1.29 is 4.79 Å². The van der Waals surface area contributed by atoms with Crippen molar-refractivity contribution in [3.05, 3.63) is 23.0 Å². The minimum Gasteiger partial charge on any atom is -0.294 e. The Bertz CT molecular complexity index is 397. The summed E-state index contributed by atoms with van der Waals surface area (Å²) in [6.45, 7) is 3.89. The fourth-order valence-corrected chi connectivity index (χ4v) is 1.89. The smallest absolute Gasteiger partial charge is 0.164 e. The molecule has 0 N–H and O–H groups in total. The first-order chi connectivity index (χ1) is 7.70. The van der Waals surface area contributed by atoms with Crippen LogP contribution in [-0.2, 0) is 6.42 Å². The minimum atomic E-state index is 0.238. The highest BCUT2D eigenvalue weighted by atomic mass is 16.1. The predicted molar refractivity (Wildman–Crippen MR) is 62.4 cm³/mol. The van der Waals surface area contributed by atoms with Crippen LogP contribution in [0.15, 0.2) is 6.07 Å². The maximum Gasteiger partial charge on any atom is 0.164 e. The highest BCUT2D eigenvalue weighted by Gasteiger charge is 2.23. The van der Waals surface area contributed by atoms with Crippen LogP contribution >= 0.6 is 0 Å². The average molecular weight is 218 g/mol. The molecule has 0 atom stereocenters. The highest BCUT2D eigenvalue weighted by molar-refractivity contribution is 5.97. The maximum absolute atomic E-state index is 12.0. The predicted octanol–water partition coefficient (Wildman–Crippen LogP) is 2.72. The molecular weight excluding hydrogens is 200 g/mol. The molecule has 86 valence electrons. The second-order valence-electron chi connectivity index (χ2n) is 4.60. The molecule has 0 bridgehead atoms. The van der Waals surface area contributed by atoms with Gasteiger partial charge in [0.2, 0.25) is 0 Å². The van der Waals surface area contributed by atoms with E-state index in [1.54, 1.807) is 0 Å². The number of nitrogens with zero attached hydrogens (tertiary/aromatic N) is 2. The van der Waals surface area contributed by atoms with E-state index in [4.69, 9.17) is 0 Å². The topological polar surface area (TPSA) is 42.9 Å². The van der Waals surface area contributed by atoms with Crippen LogP contribution in [0.2, 0.25) is 0 Å². The van der Waals surface area contributed by atoms with Gasteiger partial charge in [-0.2, -0.15) is 10.2 Å². The van der Waals surface area contributed by atoms with Crippen LogP contribution in [0.1, 0.15) is 54.4 Å². The van der Waals surface area contributed by atoms with E-state index in [2.05, 4.69) is 10.2 Å². The first-order valence-corrected chi connectivity index (χ1v) is 6.07. The normalized spacial score (nSPS) is 15.1. The zero-order valence-electron chi connectivity index (χ0n) is 9.99. The Morgan fingerprint density at radius 1 is 1.44 bits per heavy atom. The molecule has 0 amide bonds. The minimum absolute atomic E-state index is 0.238. The molecule has 2 rings (SSSR count). The number of Topliss-reactive ketones (excluding diaryl/α,β-unsaturated/α-hetero) is 1. The number of aryl methyl sites for hydroxylation is 2. The van der Waals surface area contributed by atoms with Crippen molar-refractivity contribution in [3.8, 4) is 0 Å². The van der Waals surface area contributed by atoms with E-state index in [1.807, 2.05) is 19.9 Å². The molecule has 0 aliphatic heterocycles. The molecule has 0 saturated heterocycles. The van der Waals surface area contributed by atoms with Gasteiger partial charge in [0.15, 0.2) is 5.78 Å². The quantitative estimate of drug-likeness (QED) is 0.714. The van der Waals surface area contributed by atoms with Crippen LogP contribution < -0.4 is 0 Å².